The number of benzene rings is 2. The summed E-state index contributed by atoms with van der Waals surface area (Å²) in [6.45, 7) is 7.18. The topological polar surface area (TPSA) is 68.1 Å². The maximum atomic E-state index is 14.6. The Morgan fingerprint density at radius 2 is 1.77 bits per heavy atom. The molecule has 0 saturated heterocycles. The second-order valence-electron chi connectivity index (χ2n) is 7.89. The molecule has 160 valence electrons. The van der Waals surface area contributed by atoms with Gasteiger partial charge in [-0.15, -0.1) is 10.2 Å². The molecule has 0 aliphatic heterocycles. The molecule has 3 rings (SSSR count). The summed E-state index contributed by atoms with van der Waals surface area (Å²) < 4.78 is 44.8. The quantitative estimate of drug-likeness (QED) is 0.558. The molecule has 0 aliphatic carbocycles. The van der Waals surface area contributed by atoms with Crippen molar-refractivity contribution in [3.63, 3.8) is 0 Å². The highest BCUT2D eigenvalue weighted by molar-refractivity contribution is 7.93. The highest BCUT2D eigenvalue weighted by Gasteiger charge is 2.37. The van der Waals surface area contributed by atoms with Crippen molar-refractivity contribution in [2.75, 3.05) is 4.31 Å². The zero-order chi connectivity index (χ0) is 22.3. The van der Waals surface area contributed by atoms with E-state index in [0.29, 0.717) is 23.6 Å². The largest absolute Gasteiger partial charge is 0.314 e. The number of sulfonamides is 1. The van der Waals surface area contributed by atoms with Crippen molar-refractivity contribution < 1.29 is 12.8 Å². The molecule has 1 heterocycles. The maximum absolute atomic E-state index is 14.6. The van der Waals surface area contributed by atoms with Crippen molar-refractivity contribution in [2.24, 2.45) is 7.05 Å². The number of hydrogen-bond donors (Lipinski definition) is 0. The van der Waals surface area contributed by atoms with Crippen molar-refractivity contribution in [2.45, 2.75) is 44.6 Å². The summed E-state index contributed by atoms with van der Waals surface area (Å²) in [5.74, 6) is 0.400. The molecule has 0 bridgehead atoms. The molecule has 30 heavy (non-hydrogen) atoms. The van der Waals surface area contributed by atoms with Gasteiger partial charge in [-0.05, 0) is 39.0 Å². The minimum atomic E-state index is -4.02. The van der Waals surface area contributed by atoms with Crippen molar-refractivity contribution >= 4 is 27.3 Å². The van der Waals surface area contributed by atoms with E-state index in [9.17, 15) is 12.8 Å². The van der Waals surface area contributed by atoms with E-state index in [1.165, 1.54) is 22.5 Å². The van der Waals surface area contributed by atoms with Crippen molar-refractivity contribution in [3.05, 3.63) is 59.1 Å². The fourth-order valence-electron chi connectivity index (χ4n) is 3.34. The molecule has 0 radical (unpaired) electrons. The Morgan fingerprint density at radius 1 is 1.13 bits per heavy atom. The van der Waals surface area contributed by atoms with Gasteiger partial charge >= 0.3 is 0 Å². The number of halogens is 2. The number of aryl methyl sites for hydroxylation is 1. The lowest BCUT2D eigenvalue weighted by Gasteiger charge is -2.37. The van der Waals surface area contributed by atoms with Crippen LogP contribution in [0.3, 0.4) is 0 Å². The molecule has 6 nitrogen and oxygen atoms in total. The van der Waals surface area contributed by atoms with Crippen LogP contribution in [0.1, 0.15) is 33.5 Å². The molecule has 0 fully saturated rings. The van der Waals surface area contributed by atoms with Crippen LogP contribution < -0.4 is 4.31 Å². The summed E-state index contributed by atoms with van der Waals surface area (Å²) in [7, 11) is -2.24. The first-order chi connectivity index (χ1) is 14.0. The average Bonchev–Trinajstić information content (AvgIpc) is 3.04. The van der Waals surface area contributed by atoms with Crippen molar-refractivity contribution in [3.8, 4) is 11.4 Å². The summed E-state index contributed by atoms with van der Waals surface area (Å²) >= 11 is 6.08. The van der Waals surface area contributed by atoms with Gasteiger partial charge in [0.2, 0.25) is 0 Å². The van der Waals surface area contributed by atoms with E-state index < -0.39 is 21.4 Å². The Labute approximate surface area is 181 Å². The second kappa shape index (κ2) is 8.00. The number of rotatable bonds is 5. The Kier molecular flexibility index (Phi) is 5.93. The van der Waals surface area contributed by atoms with Crippen LogP contribution in [-0.4, -0.2) is 28.7 Å². The minimum absolute atomic E-state index is 0.105. The van der Waals surface area contributed by atoms with Crippen LogP contribution in [0.25, 0.3) is 11.4 Å². The first kappa shape index (κ1) is 22.2. The predicted molar refractivity (Wildman–Crippen MR) is 117 cm³/mol. The molecule has 1 aromatic heterocycles. The van der Waals surface area contributed by atoms with Crippen molar-refractivity contribution in [1.82, 2.24) is 14.8 Å². The van der Waals surface area contributed by atoms with Gasteiger partial charge < -0.3 is 4.57 Å². The van der Waals surface area contributed by atoms with Gasteiger partial charge in [-0.25, -0.2) is 12.8 Å². The lowest BCUT2D eigenvalue weighted by molar-refractivity contribution is 0.534. The molecule has 2 aromatic carbocycles. The SMILES string of the molecule is CCc1nnc(-c2cc(Cl)c(F)cc2N(C(C)(C)C)S(=O)(=O)c2ccccc2)n1C. The summed E-state index contributed by atoms with van der Waals surface area (Å²) in [5, 5.41) is 8.25. The number of hydrogen-bond acceptors (Lipinski definition) is 4. The van der Waals surface area contributed by atoms with Gasteiger partial charge in [0, 0.05) is 30.6 Å². The van der Waals surface area contributed by atoms with Gasteiger partial charge in [0.1, 0.15) is 11.6 Å². The Bertz CT molecular complexity index is 1170. The number of anilines is 1. The molecule has 0 unspecified atom stereocenters. The van der Waals surface area contributed by atoms with Crippen LogP contribution in [0.15, 0.2) is 47.4 Å². The standard InChI is InChI=1S/C21H24ClFN4O2S/c1-6-19-24-25-20(26(19)5)15-12-16(22)17(23)13-18(15)27(21(2,3)4)30(28,29)14-10-8-7-9-11-14/h7-13H,6H2,1-5H3. The highest BCUT2D eigenvalue weighted by Crippen LogP contribution is 2.40. The van der Waals surface area contributed by atoms with Gasteiger partial charge in [-0.3, -0.25) is 4.31 Å². The van der Waals surface area contributed by atoms with Gasteiger partial charge in [0.25, 0.3) is 10.0 Å². The fourth-order valence-corrected chi connectivity index (χ4v) is 5.34. The normalized spacial score (nSPS) is 12.2. The molecular weight excluding hydrogens is 427 g/mol. The predicted octanol–water partition coefficient (Wildman–Crippen LogP) is 4.83. The molecule has 0 amide bonds. The Morgan fingerprint density at radius 3 is 2.30 bits per heavy atom. The second-order valence-corrected chi connectivity index (χ2v) is 10.1. The Balaban J connectivity index is 2.35. The first-order valence-corrected chi connectivity index (χ1v) is 11.3. The number of aromatic nitrogens is 3. The van der Waals surface area contributed by atoms with Gasteiger partial charge in [0.15, 0.2) is 5.82 Å². The molecule has 0 aliphatic rings. The van der Waals surface area contributed by atoms with Gasteiger partial charge in [-0.1, -0.05) is 36.7 Å². The van der Waals surface area contributed by atoms with E-state index in [1.807, 2.05) is 6.92 Å². The highest BCUT2D eigenvalue weighted by atomic mass is 35.5. The summed E-state index contributed by atoms with van der Waals surface area (Å²) in [6.07, 6.45) is 0.638. The van der Waals surface area contributed by atoms with Crippen LogP contribution in [0.5, 0.6) is 0 Å². The van der Waals surface area contributed by atoms with Crippen LogP contribution in [-0.2, 0) is 23.5 Å². The lowest BCUT2D eigenvalue weighted by atomic mass is 10.1. The molecule has 3 aromatic rings. The van der Waals surface area contributed by atoms with E-state index in [4.69, 9.17) is 11.6 Å². The lowest BCUT2D eigenvalue weighted by Crippen LogP contribution is -2.46. The molecule has 0 saturated carbocycles. The molecule has 0 N–H and O–H groups in total. The van der Waals surface area contributed by atoms with Gasteiger partial charge in [-0.2, -0.15) is 0 Å². The van der Waals surface area contributed by atoms with Gasteiger partial charge in [0.05, 0.1) is 15.6 Å². The fraction of sp³-hybridized carbons (Fsp3) is 0.333. The first-order valence-electron chi connectivity index (χ1n) is 9.46. The summed E-state index contributed by atoms with van der Waals surface area (Å²) in [5.41, 5.74) is -0.382. The Hall–Kier alpha value is -2.45. The molecule has 0 spiro atoms. The molecule has 0 atom stereocenters. The zero-order valence-electron chi connectivity index (χ0n) is 17.5. The van der Waals surface area contributed by atoms with Crippen LogP contribution in [0.2, 0.25) is 5.02 Å². The van der Waals surface area contributed by atoms with E-state index in [2.05, 4.69) is 10.2 Å². The average molecular weight is 451 g/mol. The minimum Gasteiger partial charge on any atom is -0.314 e. The van der Waals surface area contributed by atoms with Crippen LogP contribution in [0, 0.1) is 5.82 Å². The van der Waals surface area contributed by atoms with E-state index in [0.717, 1.165) is 6.07 Å². The smallest absolute Gasteiger partial charge is 0.264 e. The third-order valence-corrected chi connectivity index (χ3v) is 7.05. The summed E-state index contributed by atoms with van der Waals surface area (Å²) in [4.78, 5) is 0.105. The van der Waals surface area contributed by atoms with Crippen molar-refractivity contribution in [1.29, 1.82) is 0 Å². The zero-order valence-corrected chi connectivity index (χ0v) is 19.1. The number of nitrogens with zero attached hydrogens (tertiary/aromatic N) is 4. The molecule has 9 heteroatoms. The third-order valence-electron chi connectivity index (χ3n) is 4.67. The van der Waals surface area contributed by atoms with Crippen LogP contribution in [0.4, 0.5) is 10.1 Å². The van der Waals surface area contributed by atoms with E-state index in [1.54, 1.807) is 50.6 Å². The summed E-state index contributed by atoms with van der Waals surface area (Å²) in [6, 6.07) is 10.6. The maximum Gasteiger partial charge on any atom is 0.264 e. The monoisotopic (exact) mass is 450 g/mol. The van der Waals surface area contributed by atoms with E-state index >= 15 is 0 Å². The van der Waals surface area contributed by atoms with E-state index in [-0.39, 0.29) is 15.6 Å². The van der Waals surface area contributed by atoms with Crippen LogP contribution >= 0.6 is 11.6 Å². The molecular formula is C21H24ClFN4O2S. The third kappa shape index (κ3) is 3.94.